The normalized spacial score (nSPS) is 15.4. The maximum atomic E-state index is 11.2. The highest BCUT2D eigenvalue weighted by Gasteiger charge is 2.22. The number of likely N-dealkylation sites (N-methyl/N-ethyl adjacent to an activating group) is 1. The number of hydrogen-bond acceptors (Lipinski definition) is 11. The number of nitrogens with zero attached hydrogens (tertiary/aromatic N) is 7. The molecule has 2 aromatic rings. The largest absolute Gasteiger partial charge is 0.469 e. The quantitative estimate of drug-likeness (QED) is 0.125. The van der Waals surface area contributed by atoms with Crippen LogP contribution >= 0.6 is 0 Å². The fraction of sp³-hybridized carbons (Fsp3) is 0.618. The number of rotatable bonds is 20. The van der Waals surface area contributed by atoms with Crippen molar-refractivity contribution in [2.45, 2.75) is 58.5 Å². The summed E-state index contributed by atoms with van der Waals surface area (Å²) in [4.78, 5) is 21.0. The number of esters is 1. The van der Waals surface area contributed by atoms with E-state index in [1.807, 2.05) is 10.9 Å². The summed E-state index contributed by atoms with van der Waals surface area (Å²) >= 11 is 0. The van der Waals surface area contributed by atoms with Gasteiger partial charge in [0.05, 0.1) is 64.7 Å². The Kier molecular flexibility index (Phi) is 15.1. The van der Waals surface area contributed by atoms with Crippen LogP contribution in [0.2, 0.25) is 0 Å². The summed E-state index contributed by atoms with van der Waals surface area (Å²) in [7, 11) is 3.43. The molecule has 2 aromatic heterocycles. The van der Waals surface area contributed by atoms with Crippen LogP contribution in [0.1, 0.15) is 45.2 Å². The predicted molar refractivity (Wildman–Crippen MR) is 184 cm³/mol. The number of methoxy groups -OCH3 is 1. The van der Waals surface area contributed by atoms with E-state index in [1.165, 1.54) is 12.7 Å². The first-order chi connectivity index (χ1) is 22.9. The van der Waals surface area contributed by atoms with Gasteiger partial charge in [-0.3, -0.25) is 19.7 Å². The van der Waals surface area contributed by atoms with Gasteiger partial charge in [-0.1, -0.05) is 53.1 Å². The highest BCUT2D eigenvalue weighted by Crippen LogP contribution is 2.19. The molecular formula is C34H54N9O4+. The van der Waals surface area contributed by atoms with Gasteiger partial charge in [-0.15, -0.1) is 5.10 Å². The van der Waals surface area contributed by atoms with Crippen LogP contribution in [0.3, 0.4) is 0 Å². The predicted octanol–water partition coefficient (Wildman–Crippen LogP) is 2.91. The Balaban J connectivity index is 1.30. The van der Waals surface area contributed by atoms with E-state index in [1.54, 1.807) is 0 Å². The van der Waals surface area contributed by atoms with Crippen LogP contribution in [-0.4, -0.2) is 110 Å². The Morgan fingerprint density at radius 1 is 1.21 bits per heavy atom. The Morgan fingerprint density at radius 3 is 2.87 bits per heavy atom. The molecule has 13 heteroatoms. The van der Waals surface area contributed by atoms with Crippen molar-refractivity contribution in [3.05, 3.63) is 53.9 Å². The van der Waals surface area contributed by atoms with Crippen molar-refractivity contribution in [2.75, 3.05) is 88.3 Å². The molecule has 1 unspecified atom stereocenters. The minimum atomic E-state index is -0.262. The van der Waals surface area contributed by atoms with Gasteiger partial charge in [0.25, 0.3) is 0 Å². The Labute approximate surface area is 279 Å². The van der Waals surface area contributed by atoms with Crippen molar-refractivity contribution in [1.29, 1.82) is 0 Å². The molecule has 13 nitrogen and oxygen atoms in total. The Hall–Kier alpha value is -3.81. The molecule has 0 aromatic carbocycles. The second-order valence-corrected chi connectivity index (χ2v) is 12.0. The first-order valence-electron chi connectivity index (χ1n) is 17.0. The second-order valence-electron chi connectivity index (χ2n) is 12.0. The van der Waals surface area contributed by atoms with Crippen LogP contribution in [0.4, 0.5) is 17.6 Å². The zero-order valence-corrected chi connectivity index (χ0v) is 28.7. The molecule has 0 spiro atoms. The number of morpholine rings is 1. The van der Waals surface area contributed by atoms with E-state index in [4.69, 9.17) is 14.5 Å². The van der Waals surface area contributed by atoms with Crippen LogP contribution < -0.4 is 20.1 Å². The molecule has 2 N–H and O–H groups in total. The summed E-state index contributed by atoms with van der Waals surface area (Å²) in [6.45, 7) is 12.9. The lowest BCUT2D eigenvalue weighted by Gasteiger charge is -2.27. The average Bonchev–Trinajstić information content (AvgIpc) is 3.38. The molecular weight excluding hydrogens is 598 g/mol. The van der Waals surface area contributed by atoms with Gasteiger partial charge in [-0.2, -0.15) is 0 Å². The van der Waals surface area contributed by atoms with Crippen LogP contribution in [0.15, 0.2) is 48.2 Å². The first-order valence-corrected chi connectivity index (χ1v) is 17.0. The molecule has 1 saturated heterocycles. The van der Waals surface area contributed by atoms with Crippen molar-refractivity contribution in [1.82, 2.24) is 24.9 Å². The van der Waals surface area contributed by atoms with Crippen molar-refractivity contribution < 1.29 is 23.6 Å². The molecule has 1 atom stereocenters. The third-order valence-electron chi connectivity index (χ3n) is 8.32. The van der Waals surface area contributed by atoms with E-state index in [-0.39, 0.29) is 18.4 Å². The number of carbonyl (C=O) groups excluding carboxylic acids is 1. The molecule has 0 saturated carbocycles. The lowest BCUT2D eigenvalue weighted by atomic mass is 10.1. The number of ether oxygens (including phenoxy) is 3. The number of anilines is 3. The van der Waals surface area contributed by atoms with Gasteiger partial charge in [0.2, 0.25) is 0 Å². The van der Waals surface area contributed by atoms with E-state index >= 15 is 0 Å². The summed E-state index contributed by atoms with van der Waals surface area (Å²) < 4.78 is 19.7. The van der Waals surface area contributed by atoms with Gasteiger partial charge in [0, 0.05) is 51.9 Å². The number of carbonyl (C=O) groups is 1. The molecule has 3 heterocycles. The minimum Gasteiger partial charge on any atom is -0.469 e. The van der Waals surface area contributed by atoms with E-state index in [9.17, 15) is 4.79 Å². The molecule has 47 heavy (non-hydrogen) atoms. The fourth-order valence-corrected chi connectivity index (χ4v) is 5.43. The van der Waals surface area contributed by atoms with Crippen LogP contribution in [0.5, 0.6) is 0 Å². The van der Waals surface area contributed by atoms with Crippen LogP contribution in [0, 0.1) is 0 Å². The van der Waals surface area contributed by atoms with Crippen molar-refractivity contribution in [3.8, 4) is 0 Å². The lowest BCUT2D eigenvalue weighted by molar-refractivity contribution is -0.645. The highest BCUT2D eigenvalue weighted by molar-refractivity contribution is 5.69. The number of nitrogens with one attached hydrogen (secondary N) is 2. The maximum Gasteiger partial charge on any atom is 0.349 e. The molecule has 1 aliphatic carbocycles. The summed E-state index contributed by atoms with van der Waals surface area (Å²) in [6.07, 6.45) is 16.6. The third-order valence-corrected chi connectivity index (χ3v) is 8.32. The number of allylic oxidation sites excluding steroid dienone is 5. The standard InChI is InChI=1S/C34H53N9O4/c1-5-41(26-29-11-8-6-7-9-12-29)18-14-28(2)36-31-25-32(42-19-23-47-24-20-42)37-34(40(31)3)35-16-13-30-27-43(39-38-30)17-10-21-46-22-15-33(44)45-4/h6-9,11,25,27-28H,5,10,12-24,26H2,1-4H3,(H,35,36,37)/p+1. The van der Waals surface area contributed by atoms with E-state index in [0.29, 0.717) is 45.9 Å². The van der Waals surface area contributed by atoms with Crippen molar-refractivity contribution >= 4 is 23.6 Å². The Morgan fingerprint density at radius 2 is 2.06 bits per heavy atom. The van der Waals surface area contributed by atoms with Gasteiger partial charge in [-0.05, 0) is 32.7 Å². The summed E-state index contributed by atoms with van der Waals surface area (Å²) in [6, 6.07) is 2.43. The summed E-state index contributed by atoms with van der Waals surface area (Å²) in [5.41, 5.74) is 2.36. The van der Waals surface area contributed by atoms with Gasteiger partial charge in [0.1, 0.15) is 0 Å². The lowest BCUT2D eigenvalue weighted by Crippen LogP contribution is -2.42. The zero-order valence-electron chi connectivity index (χ0n) is 28.7. The molecule has 0 radical (unpaired) electrons. The molecule has 2 aliphatic rings. The molecule has 0 amide bonds. The fourth-order valence-electron chi connectivity index (χ4n) is 5.43. The van der Waals surface area contributed by atoms with E-state index < -0.39 is 0 Å². The number of aromatic nitrogens is 5. The average molecular weight is 653 g/mol. The summed E-state index contributed by atoms with van der Waals surface area (Å²) in [5.74, 6) is 2.51. The molecule has 0 bridgehead atoms. The topological polar surface area (TPSA) is 123 Å². The molecule has 1 fully saturated rings. The van der Waals surface area contributed by atoms with Crippen molar-refractivity contribution in [2.24, 2.45) is 7.05 Å². The molecule has 258 valence electrons. The highest BCUT2D eigenvalue weighted by atomic mass is 16.5. The van der Waals surface area contributed by atoms with Gasteiger partial charge >= 0.3 is 11.9 Å². The second kappa shape index (κ2) is 19.8. The minimum absolute atomic E-state index is 0.262. The van der Waals surface area contributed by atoms with Gasteiger partial charge in [-0.25, -0.2) is 4.57 Å². The molecule has 4 rings (SSSR count). The van der Waals surface area contributed by atoms with Gasteiger partial charge < -0.3 is 24.4 Å². The summed E-state index contributed by atoms with van der Waals surface area (Å²) in [5, 5.41) is 15.9. The zero-order chi connectivity index (χ0) is 33.3. The molecule has 1 aliphatic heterocycles. The first kappa shape index (κ1) is 36.0. The van der Waals surface area contributed by atoms with Crippen molar-refractivity contribution in [3.63, 3.8) is 0 Å². The van der Waals surface area contributed by atoms with Crippen LogP contribution in [0.25, 0.3) is 0 Å². The Bertz CT molecular complexity index is 1340. The SMILES string of the molecule is CCN(CCC(C)Nc1cc(N2CCOCC2)nc(NCCc2cn(CCCOCCC(=O)OC)nn2)[n+]1C)CC1=CC=CC=CC1. The monoisotopic (exact) mass is 652 g/mol. The number of hydrogen-bond donors (Lipinski definition) is 2. The number of aryl methyl sites for hydroxylation is 1. The van der Waals surface area contributed by atoms with Crippen LogP contribution in [-0.2, 0) is 39.0 Å². The third kappa shape index (κ3) is 12.4. The van der Waals surface area contributed by atoms with E-state index in [0.717, 1.165) is 75.3 Å². The smallest absolute Gasteiger partial charge is 0.349 e. The van der Waals surface area contributed by atoms with E-state index in [2.05, 4.69) is 97.4 Å². The van der Waals surface area contributed by atoms with Gasteiger partial charge in [0.15, 0.2) is 11.6 Å². The maximum absolute atomic E-state index is 11.2.